The van der Waals surface area contributed by atoms with Crippen molar-refractivity contribution >= 4 is 27.6 Å². The van der Waals surface area contributed by atoms with Crippen molar-refractivity contribution in [2.75, 3.05) is 17.6 Å². The number of aryl methyl sites for hydroxylation is 1. The molecule has 0 aliphatic heterocycles. The summed E-state index contributed by atoms with van der Waals surface area (Å²) < 4.78 is 21.8. The van der Waals surface area contributed by atoms with Crippen LogP contribution in [0.25, 0.3) is 22.2 Å². The molecule has 1 aliphatic rings. The Bertz CT molecular complexity index is 1060. The summed E-state index contributed by atoms with van der Waals surface area (Å²) in [4.78, 5) is 0. The topological polar surface area (TPSA) is 67.1 Å². The van der Waals surface area contributed by atoms with Gasteiger partial charge in [0.05, 0.1) is 23.9 Å². The summed E-state index contributed by atoms with van der Waals surface area (Å²) in [5, 5.41) is 10.6. The van der Waals surface area contributed by atoms with Gasteiger partial charge in [0.2, 0.25) is 0 Å². The highest BCUT2D eigenvalue weighted by Gasteiger charge is 2.17. The zero-order valence-corrected chi connectivity index (χ0v) is 18.2. The quantitative estimate of drug-likeness (QED) is 0.627. The second kappa shape index (κ2) is 9.15. The summed E-state index contributed by atoms with van der Waals surface area (Å²) >= 11 is 0. The molecule has 29 heavy (non-hydrogen) atoms. The van der Waals surface area contributed by atoms with Gasteiger partial charge in [-0.25, -0.2) is 4.21 Å². The van der Waals surface area contributed by atoms with E-state index in [-0.39, 0.29) is 0 Å². The smallest absolute Gasteiger partial charge is 0.120 e. The Hall–Kier alpha value is -2.78. The van der Waals surface area contributed by atoms with Crippen LogP contribution >= 0.6 is 0 Å². The second-order valence-corrected chi connectivity index (χ2v) is 8.75. The standard InChI is InChI=1S/C19H19N3O2S.C4H8/c1-4-25(23)21-14-7-5-13(6-8-14)19-17(12-20)16-10-9-15(24-3)11-18(16)22(19)2;1-4-2-3-4/h5-11,21H,4H2,1-3H3;4H,2-3H2,1H3. The number of ether oxygens (including phenoxy) is 1. The maximum absolute atomic E-state index is 11.6. The van der Waals surface area contributed by atoms with Crippen LogP contribution in [0.1, 0.15) is 32.3 Å². The summed E-state index contributed by atoms with van der Waals surface area (Å²) in [6.07, 6.45) is 2.97. The van der Waals surface area contributed by atoms with Crippen LogP contribution in [0.3, 0.4) is 0 Å². The third-order valence-electron chi connectivity index (χ3n) is 5.04. The van der Waals surface area contributed by atoms with E-state index in [2.05, 4.69) is 17.7 Å². The average Bonchev–Trinajstić information content (AvgIpc) is 3.48. The van der Waals surface area contributed by atoms with Crippen LogP contribution in [0.15, 0.2) is 42.5 Å². The van der Waals surface area contributed by atoms with Crippen molar-refractivity contribution in [1.82, 2.24) is 4.57 Å². The molecule has 3 aromatic rings. The minimum Gasteiger partial charge on any atom is -0.497 e. The fraction of sp³-hybridized carbons (Fsp3) is 0.348. The van der Waals surface area contributed by atoms with Crippen LogP contribution in [0.2, 0.25) is 0 Å². The lowest BCUT2D eigenvalue weighted by Gasteiger charge is -2.08. The number of aromatic nitrogens is 1. The van der Waals surface area contributed by atoms with Crippen LogP contribution < -0.4 is 9.46 Å². The van der Waals surface area contributed by atoms with Gasteiger partial charge in [-0.15, -0.1) is 0 Å². The third-order valence-corrected chi connectivity index (χ3v) is 6.03. The van der Waals surface area contributed by atoms with Crippen molar-refractivity contribution in [3.63, 3.8) is 0 Å². The van der Waals surface area contributed by atoms with Crippen LogP contribution in [-0.4, -0.2) is 21.6 Å². The lowest BCUT2D eigenvalue weighted by molar-refractivity contribution is 0.415. The molecule has 1 N–H and O–H groups in total. The van der Waals surface area contributed by atoms with Crippen molar-refractivity contribution < 1.29 is 8.95 Å². The summed E-state index contributed by atoms with van der Waals surface area (Å²) in [6.45, 7) is 4.14. The van der Waals surface area contributed by atoms with E-state index in [9.17, 15) is 9.47 Å². The fourth-order valence-electron chi connectivity index (χ4n) is 3.06. The van der Waals surface area contributed by atoms with Crippen molar-refractivity contribution in [1.29, 1.82) is 5.26 Å². The fourth-order valence-corrected chi connectivity index (χ4v) is 3.60. The van der Waals surface area contributed by atoms with E-state index >= 15 is 0 Å². The molecule has 2 aromatic carbocycles. The number of methoxy groups -OCH3 is 1. The Balaban J connectivity index is 0.000000536. The predicted octanol–water partition coefficient (Wildman–Crippen LogP) is 5.24. The van der Waals surface area contributed by atoms with Gasteiger partial charge in [0.15, 0.2) is 0 Å². The first-order valence-corrected chi connectivity index (χ1v) is 11.1. The van der Waals surface area contributed by atoms with E-state index in [1.54, 1.807) is 7.11 Å². The van der Waals surface area contributed by atoms with Gasteiger partial charge in [-0.05, 0) is 35.7 Å². The van der Waals surface area contributed by atoms with E-state index in [0.29, 0.717) is 11.3 Å². The number of anilines is 1. The number of nitrogens with one attached hydrogen (secondary N) is 1. The molecule has 0 bridgehead atoms. The SMILES string of the molecule is CC1CC1.CCS(=O)Nc1ccc(-c2c(C#N)c3ccc(OC)cc3n2C)cc1. The molecule has 1 fully saturated rings. The Morgan fingerprint density at radius 1 is 1.24 bits per heavy atom. The molecule has 1 aliphatic carbocycles. The van der Waals surface area contributed by atoms with Crippen LogP contribution in [0.5, 0.6) is 5.75 Å². The van der Waals surface area contributed by atoms with Crippen LogP contribution in [0.4, 0.5) is 5.69 Å². The van der Waals surface area contributed by atoms with Crippen LogP contribution in [-0.2, 0) is 18.0 Å². The number of rotatable bonds is 5. The first-order valence-electron chi connectivity index (χ1n) is 9.80. The van der Waals surface area contributed by atoms with E-state index in [0.717, 1.165) is 39.5 Å². The van der Waals surface area contributed by atoms with Gasteiger partial charge in [0.1, 0.15) is 22.8 Å². The zero-order valence-electron chi connectivity index (χ0n) is 17.4. The minimum absolute atomic E-state index is 0.547. The lowest BCUT2D eigenvalue weighted by Crippen LogP contribution is -2.05. The number of hydrogen-bond donors (Lipinski definition) is 1. The molecule has 1 aromatic heterocycles. The summed E-state index contributed by atoms with van der Waals surface area (Å²) in [5.74, 6) is 2.39. The van der Waals surface area contributed by atoms with Crippen molar-refractivity contribution in [2.45, 2.75) is 26.7 Å². The summed E-state index contributed by atoms with van der Waals surface area (Å²) in [5.41, 5.74) is 4.16. The molecule has 5 nitrogen and oxygen atoms in total. The Kier molecular flexibility index (Phi) is 6.60. The van der Waals surface area contributed by atoms with Crippen molar-refractivity contribution in [2.24, 2.45) is 13.0 Å². The van der Waals surface area contributed by atoms with Crippen LogP contribution in [0, 0.1) is 17.2 Å². The Morgan fingerprint density at radius 3 is 2.41 bits per heavy atom. The van der Waals surface area contributed by atoms with Gasteiger partial charge in [-0.2, -0.15) is 5.26 Å². The first kappa shape index (κ1) is 20.9. The number of benzene rings is 2. The monoisotopic (exact) mass is 409 g/mol. The molecule has 0 spiro atoms. The van der Waals surface area contributed by atoms with E-state index in [1.165, 1.54) is 12.8 Å². The van der Waals surface area contributed by atoms with Gasteiger partial charge >= 0.3 is 0 Å². The molecule has 0 radical (unpaired) electrons. The van der Waals surface area contributed by atoms with E-state index in [1.807, 2.05) is 61.0 Å². The minimum atomic E-state index is -1.08. The average molecular weight is 410 g/mol. The van der Waals surface area contributed by atoms with Gasteiger partial charge in [0.25, 0.3) is 0 Å². The van der Waals surface area contributed by atoms with Crippen molar-refractivity contribution in [3.05, 3.63) is 48.0 Å². The number of hydrogen-bond acceptors (Lipinski definition) is 3. The lowest BCUT2D eigenvalue weighted by atomic mass is 10.1. The van der Waals surface area contributed by atoms with Gasteiger partial charge < -0.3 is 14.0 Å². The highest BCUT2D eigenvalue weighted by atomic mass is 32.2. The highest BCUT2D eigenvalue weighted by Crippen LogP contribution is 2.34. The maximum Gasteiger partial charge on any atom is 0.120 e. The summed E-state index contributed by atoms with van der Waals surface area (Å²) in [6, 6.07) is 15.6. The molecule has 0 amide bonds. The van der Waals surface area contributed by atoms with Gasteiger partial charge in [-0.1, -0.05) is 38.8 Å². The van der Waals surface area contributed by atoms with Gasteiger partial charge in [0, 0.05) is 29.9 Å². The number of nitriles is 1. The highest BCUT2D eigenvalue weighted by molar-refractivity contribution is 7.86. The summed E-state index contributed by atoms with van der Waals surface area (Å²) in [7, 11) is 2.49. The largest absolute Gasteiger partial charge is 0.497 e. The number of fused-ring (bicyclic) bond motifs is 1. The molecule has 1 heterocycles. The molecule has 4 rings (SSSR count). The maximum atomic E-state index is 11.6. The number of nitrogens with zero attached hydrogens (tertiary/aromatic N) is 2. The molecule has 1 unspecified atom stereocenters. The second-order valence-electron chi connectivity index (χ2n) is 7.27. The normalized spacial score (nSPS) is 13.9. The van der Waals surface area contributed by atoms with E-state index < -0.39 is 11.0 Å². The molecule has 0 saturated heterocycles. The molecule has 1 saturated carbocycles. The predicted molar refractivity (Wildman–Crippen MR) is 120 cm³/mol. The van der Waals surface area contributed by atoms with E-state index in [4.69, 9.17) is 4.74 Å². The Morgan fingerprint density at radius 2 is 1.90 bits per heavy atom. The van der Waals surface area contributed by atoms with Gasteiger partial charge in [-0.3, -0.25) is 0 Å². The molecule has 1 atom stereocenters. The van der Waals surface area contributed by atoms with Crippen molar-refractivity contribution in [3.8, 4) is 23.1 Å². The molecular weight excluding hydrogens is 382 g/mol. The zero-order chi connectivity index (χ0) is 21.0. The molecule has 152 valence electrons. The molecule has 6 heteroatoms. The molecular formula is C23H27N3O2S. The first-order chi connectivity index (χ1) is 14.0. The third kappa shape index (κ3) is 4.80. The Labute approximate surface area is 174 Å².